The Morgan fingerprint density at radius 3 is 2.67 bits per heavy atom. The maximum atomic E-state index is 12.1. The standard InChI is InChI=1S/C13H23N3O2/c1-13(2,3)16-9-8-15-11(12(16)18)14-7-5-4-6-10-17/h8-9,17H,4-7,10H2,1-3H3,(H,14,15). The Morgan fingerprint density at radius 1 is 1.33 bits per heavy atom. The van der Waals surface area contributed by atoms with Crippen LogP contribution in [-0.4, -0.2) is 27.8 Å². The van der Waals surface area contributed by atoms with Gasteiger partial charge in [0, 0.05) is 31.1 Å². The van der Waals surface area contributed by atoms with Gasteiger partial charge in [-0.05, 0) is 40.0 Å². The highest BCUT2D eigenvalue weighted by Crippen LogP contribution is 2.10. The molecular formula is C13H23N3O2. The molecule has 0 saturated carbocycles. The molecule has 0 bridgehead atoms. The minimum atomic E-state index is -0.243. The van der Waals surface area contributed by atoms with Crippen LogP contribution in [0.4, 0.5) is 5.82 Å². The van der Waals surface area contributed by atoms with Gasteiger partial charge in [0.05, 0.1) is 0 Å². The van der Waals surface area contributed by atoms with E-state index in [0.29, 0.717) is 12.4 Å². The van der Waals surface area contributed by atoms with Gasteiger partial charge in [-0.1, -0.05) is 0 Å². The van der Waals surface area contributed by atoms with Gasteiger partial charge in [-0.3, -0.25) is 4.79 Å². The first-order valence-corrected chi connectivity index (χ1v) is 6.39. The van der Waals surface area contributed by atoms with Gasteiger partial charge in [-0.25, -0.2) is 4.98 Å². The molecule has 0 amide bonds. The fourth-order valence-electron chi connectivity index (χ4n) is 1.68. The van der Waals surface area contributed by atoms with E-state index in [1.165, 1.54) is 0 Å². The Hall–Kier alpha value is -1.36. The van der Waals surface area contributed by atoms with Crippen LogP contribution in [0.15, 0.2) is 17.2 Å². The summed E-state index contributed by atoms with van der Waals surface area (Å²) in [5, 5.41) is 11.7. The molecule has 1 aromatic heterocycles. The molecule has 0 fully saturated rings. The van der Waals surface area contributed by atoms with E-state index in [2.05, 4.69) is 10.3 Å². The first-order valence-electron chi connectivity index (χ1n) is 6.39. The molecule has 0 unspecified atom stereocenters. The maximum absolute atomic E-state index is 12.1. The van der Waals surface area contributed by atoms with Gasteiger partial charge >= 0.3 is 0 Å². The Kier molecular flexibility index (Phi) is 5.34. The molecule has 0 atom stereocenters. The number of hydrogen-bond acceptors (Lipinski definition) is 4. The maximum Gasteiger partial charge on any atom is 0.293 e. The Morgan fingerprint density at radius 2 is 2.06 bits per heavy atom. The number of aromatic nitrogens is 2. The van der Waals surface area contributed by atoms with Crippen LogP contribution in [0.25, 0.3) is 0 Å². The second-order valence-corrected chi connectivity index (χ2v) is 5.33. The van der Waals surface area contributed by atoms with Gasteiger partial charge < -0.3 is 15.0 Å². The van der Waals surface area contributed by atoms with Gasteiger partial charge in [0.15, 0.2) is 5.82 Å². The zero-order chi connectivity index (χ0) is 13.6. The first kappa shape index (κ1) is 14.7. The average molecular weight is 253 g/mol. The summed E-state index contributed by atoms with van der Waals surface area (Å²) in [7, 11) is 0. The molecule has 0 aliphatic heterocycles. The molecule has 1 aromatic rings. The zero-order valence-electron chi connectivity index (χ0n) is 11.4. The molecule has 5 heteroatoms. The first-order chi connectivity index (χ1) is 8.46. The van der Waals surface area contributed by atoms with Crippen LogP contribution in [0, 0.1) is 0 Å². The second-order valence-electron chi connectivity index (χ2n) is 5.33. The van der Waals surface area contributed by atoms with E-state index < -0.39 is 0 Å². The monoisotopic (exact) mass is 253 g/mol. The lowest BCUT2D eigenvalue weighted by Crippen LogP contribution is -2.35. The van der Waals surface area contributed by atoms with Gasteiger partial charge in [0.2, 0.25) is 0 Å². The third-order valence-electron chi connectivity index (χ3n) is 2.69. The zero-order valence-corrected chi connectivity index (χ0v) is 11.4. The number of nitrogens with zero attached hydrogens (tertiary/aromatic N) is 2. The van der Waals surface area contributed by atoms with E-state index in [-0.39, 0.29) is 17.7 Å². The number of aliphatic hydroxyl groups excluding tert-OH is 1. The van der Waals surface area contributed by atoms with Crippen molar-refractivity contribution in [2.75, 3.05) is 18.5 Å². The number of aliphatic hydroxyl groups is 1. The van der Waals surface area contributed by atoms with E-state index >= 15 is 0 Å². The quantitative estimate of drug-likeness (QED) is 0.755. The van der Waals surface area contributed by atoms with Crippen molar-refractivity contribution in [3.63, 3.8) is 0 Å². The van der Waals surface area contributed by atoms with Crippen LogP contribution in [0.3, 0.4) is 0 Å². The van der Waals surface area contributed by atoms with Crippen LogP contribution in [0.1, 0.15) is 40.0 Å². The molecule has 102 valence electrons. The molecular weight excluding hydrogens is 230 g/mol. The van der Waals surface area contributed by atoms with Crippen molar-refractivity contribution in [2.45, 2.75) is 45.6 Å². The smallest absolute Gasteiger partial charge is 0.293 e. The van der Waals surface area contributed by atoms with Gasteiger partial charge in [-0.15, -0.1) is 0 Å². The SMILES string of the molecule is CC(C)(C)n1ccnc(NCCCCCO)c1=O. The summed E-state index contributed by atoms with van der Waals surface area (Å²) in [5.74, 6) is 0.399. The van der Waals surface area contributed by atoms with Crippen molar-refractivity contribution in [2.24, 2.45) is 0 Å². The Bertz CT molecular complexity index is 421. The summed E-state index contributed by atoms with van der Waals surface area (Å²) in [6.07, 6.45) is 6.02. The van der Waals surface area contributed by atoms with Crippen molar-refractivity contribution in [3.05, 3.63) is 22.7 Å². The Labute approximate surface area is 108 Å². The van der Waals surface area contributed by atoms with Crippen LogP contribution in [-0.2, 0) is 5.54 Å². The lowest BCUT2D eigenvalue weighted by Gasteiger charge is -2.22. The van der Waals surface area contributed by atoms with E-state index in [4.69, 9.17) is 5.11 Å². The highest BCUT2D eigenvalue weighted by atomic mass is 16.2. The molecule has 0 saturated heterocycles. The number of rotatable bonds is 6. The molecule has 0 radical (unpaired) electrons. The van der Waals surface area contributed by atoms with Crippen molar-refractivity contribution >= 4 is 5.82 Å². The van der Waals surface area contributed by atoms with Crippen molar-refractivity contribution in [1.29, 1.82) is 0 Å². The molecule has 1 rings (SSSR count). The van der Waals surface area contributed by atoms with E-state index in [1.807, 2.05) is 20.8 Å². The van der Waals surface area contributed by atoms with Gasteiger partial charge in [0.1, 0.15) is 0 Å². The topological polar surface area (TPSA) is 67.2 Å². The number of hydrogen-bond donors (Lipinski definition) is 2. The summed E-state index contributed by atoms with van der Waals surface area (Å²) < 4.78 is 1.68. The molecule has 0 aliphatic rings. The van der Waals surface area contributed by atoms with Gasteiger partial charge in [0.25, 0.3) is 5.56 Å². The molecule has 5 nitrogen and oxygen atoms in total. The fraction of sp³-hybridized carbons (Fsp3) is 0.692. The van der Waals surface area contributed by atoms with E-state index in [9.17, 15) is 4.79 Å². The predicted octanol–water partition coefficient (Wildman–Crippen LogP) is 1.57. The molecule has 18 heavy (non-hydrogen) atoms. The third kappa shape index (κ3) is 4.14. The lowest BCUT2D eigenvalue weighted by atomic mass is 10.1. The summed E-state index contributed by atoms with van der Waals surface area (Å²) >= 11 is 0. The Balaban J connectivity index is 2.65. The van der Waals surface area contributed by atoms with Crippen LogP contribution in [0.2, 0.25) is 0 Å². The summed E-state index contributed by atoms with van der Waals surface area (Å²) in [6, 6.07) is 0. The van der Waals surface area contributed by atoms with Crippen LogP contribution < -0.4 is 10.9 Å². The minimum Gasteiger partial charge on any atom is -0.396 e. The largest absolute Gasteiger partial charge is 0.396 e. The van der Waals surface area contributed by atoms with E-state index in [0.717, 1.165) is 19.3 Å². The van der Waals surface area contributed by atoms with Crippen molar-refractivity contribution in [3.8, 4) is 0 Å². The summed E-state index contributed by atoms with van der Waals surface area (Å²) in [4.78, 5) is 16.2. The average Bonchev–Trinajstić information content (AvgIpc) is 2.29. The molecule has 2 N–H and O–H groups in total. The lowest BCUT2D eigenvalue weighted by molar-refractivity contribution is 0.283. The molecule has 0 spiro atoms. The second kappa shape index (κ2) is 6.54. The fourth-order valence-corrected chi connectivity index (χ4v) is 1.68. The van der Waals surface area contributed by atoms with Crippen molar-refractivity contribution < 1.29 is 5.11 Å². The van der Waals surface area contributed by atoms with Gasteiger partial charge in [-0.2, -0.15) is 0 Å². The highest BCUT2D eigenvalue weighted by Gasteiger charge is 2.16. The highest BCUT2D eigenvalue weighted by molar-refractivity contribution is 5.30. The van der Waals surface area contributed by atoms with Crippen LogP contribution >= 0.6 is 0 Å². The third-order valence-corrected chi connectivity index (χ3v) is 2.69. The molecule has 1 heterocycles. The van der Waals surface area contributed by atoms with Crippen molar-refractivity contribution in [1.82, 2.24) is 9.55 Å². The summed E-state index contributed by atoms with van der Waals surface area (Å²) in [5.41, 5.74) is -0.333. The van der Waals surface area contributed by atoms with E-state index in [1.54, 1.807) is 17.0 Å². The number of anilines is 1. The summed E-state index contributed by atoms with van der Waals surface area (Å²) in [6.45, 7) is 6.88. The number of nitrogens with one attached hydrogen (secondary N) is 1. The molecule has 0 aliphatic carbocycles. The predicted molar refractivity (Wildman–Crippen MR) is 72.9 cm³/mol. The normalized spacial score (nSPS) is 11.6. The molecule has 0 aromatic carbocycles. The minimum absolute atomic E-state index is 0.0906. The van der Waals surface area contributed by atoms with Crippen LogP contribution in [0.5, 0.6) is 0 Å². The number of unbranched alkanes of at least 4 members (excludes halogenated alkanes) is 2.